The number of rotatable bonds is 2. The fraction of sp³-hybridized carbons (Fsp3) is 0.533. The molecule has 2 rings (SSSR count). The second-order valence-corrected chi connectivity index (χ2v) is 7.34. The van der Waals surface area contributed by atoms with Crippen LogP contribution in [0.3, 0.4) is 0 Å². The van der Waals surface area contributed by atoms with Crippen LogP contribution in [0.15, 0.2) is 28.7 Å². The Morgan fingerprint density at radius 1 is 1.24 bits per heavy atom. The molecule has 3 nitrogen and oxygen atoms in total. The monoisotopic (exact) mass is 361 g/mol. The van der Waals surface area contributed by atoms with Crippen molar-refractivity contribution in [3.63, 3.8) is 0 Å². The SMILES string of the molecule is CC(C)(C)OC(=O)NC1(c2ccc(Br)cc2)CC(F)(F)C1. The summed E-state index contributed by atoms with van der Waals surface area (Å²) >= 11 is 3.30. The van der Waals surface area contributed by atoms with Gasteiger partial charge in [-0.3, -0.25) is 0 Å². The van der Waals surface area contributed by atoms with Crippen molar-refractivity contribution >= 4 is 22.0 Å². The molecule has 6 heteroatoms. The molecule has 0 aromatic heterocycles. The number of carbonyl (C=O) groups excluding carboxylic acids is 1. The van der Waals surface area contributed by atoms with Crippen LogP contribution in [0.4, 0.5) is 13.6 Å². The van der Waals surface area contributed by atoms with E-state index in [4.69, 9.17) is 4.74 Å². The predicted molar refractivity (Wildman–Crippen MR) is 79.4 cm³/mol. The van der Waals surface area contributed by atoms with Gasteiger partial charge in [-0.1, -0.05) is 28.1 Å². The maximum absolute atomic E-state index is 13.4. The molecule has 0 unspecified atom stereocenters. The Bertz CT molecular complexity index is 530. The van der Waals surface area contributed by atoms with E-state index in [1.807, 2.05) is 0 Å². The largest absolute Gasteiger partial charge is 0.444 e. The molecular formula is C15H18BrF2NO2. The second kappa shape index (κ2) is 5.23. The lowest BCUT2D eigenvalue weighted by Gasteiger charge is -2.48. The minimum atomic E-state index is -2.76. The van der Waals surface area contributed by atoms with Crippen molar-refractivity contribution in [2.24, 2.45) is 0 Å². The molecule has 0 heterocycles. The van der Waals surface area contributed by atoms with E-state index in [0.29, 0.717) is 5.56 Å². The molecule has 1 aliphatic rings. The molecule has 0 spiro atoms. The molecule has 1 aromatic rings. The number of ether oxygens (including phenoxy) is 1. The first kappa shape index (κ1) is 16.2. The Balaban J connectivity index is 2.19. The van der Waals surface area contributed by atoms with Gasteiger partial charge in [-0.2, -0.15) is 0 Å². The van der Waals surface area contributed by atoms with Gasteiger partial charge in [0.25, 0.3) is 5.92 Å². The minimum Gasteiger partial charge on any atom is -0.444 e. The third-order valence-corrected chi connectivity index (χ3v) is 3.79. The molecule has 0 bridgehead atoms. The predicted octanol–water partition coefficient (Wildman–Crippen LogP) is 4.60. The van der Waals surface area contributed by atoms with Crippen molar-refractivity contribution in [2.45, 2.75) is 50.7 Å². The zero-order valence-corrected chi connectivity index (χ0v) is 13.8. The van der Waals surface area contributed by atoms with Gasteiger partial charge in [0.15, 0.2) is 0 Å². The van der Waals surface area contributed by atoms with Crippen molar-refractivity contribution in [3.05, 3.63) is 34.3 Å². The van der Waals surface area contributed by atoms with Gasteiger partial charge in [-0.25, -0.2) is 13.6 Å². The first-order chi connectivity index (χ1) is 9.51. The van der Waals surface area contributed by atoms with E-state index in [-0.39, 0.29) is 0 Å². The summed E-state index contributed by atoms with van der Waals surface area (Å²) in [5, 5.41) is 2.62. The lowest BCUT2D eigenvalue weighted by molar-refractivity contribution is -0.136. The van der Waals surface area contributed by atoms with Crippen LogP contribution in [0.25, 0.3) is 0 Å². The first-order valence-corrected chi connectivity index (χ1v) is 7.46. The topological polar surface area (TPSA) is 38.3 Å². The van der Waals surface area contributed by atoms with Gasteiger partial charge >= 0.3 is 6.09 Å². The number of benzene rings is 1. The Morgan fingerprint density at radius 3 is 2.19 bits per heavy atom. The average molecular weight is 362 g/mol. The highest BCUT2D eigenvalue weighted by Gasteiger charge is 2.58. The number of carbonyl (C=O) groups is 1. The average Bonchev–Trinajstić information content (AvgIpc) is 2.23. The van der Waals surface area contributed by atoms with Gasteiger partial charge in [0, 0.05) is 17.3 Å². The van der Waals surface area contributed by atoms with Crippen LogP contribution in [0.1, 0.15) is 39.2 Å². The minimum absolute atomic E-state index is 0.416. The molecule has 0 aliphatic heterocycles. The summed E-state index contributed by atoms with van der Waals surface area (Å²) in [6, 6.07) is 7.00. The summed E-state index contributed by atoms with van der Waals surface area (Å²) in [6.45, 7) is 5.19. The molecule has 0 atom stereocenters. The zero-order valence-electron chi connectivity index (χ0n) is 12.2. The van der Waals surface area contributed by atoms with E-state index in [2.05, 4.69) is 21.2 Å². The molecule has 0 radical (unpaired) electrons. The maximum atomic E-state index is 13.4. The van der Waals surface area contributed by atoms with Crippen molar-refractivity contribution < 1.29 is 18.3 Å². The zero-order chi connectivity index (χ0) is 15.9. The van der Waals surface area contributed by atoms with Crippen molar-refractivity contribution in [3.8, 4) is 0 Å². The second-order valence-electron chi connectivity index (χ2n) is 6.43. The van der Waals surface area contributed by atoms with Crippen molar-refractivity contribution in [1.82, 2.24) is 5.32 Å². The van der Waals surface area contributed by atoms with E-state index < -0.39 is 36.0 Å². The summed E-state index contributed by atoms with van der Waals surface area (Å²) in [5.74, 6) is -2.76. The molecular weight excluding hydrogens is 344 g/mol. The summed E-state index contributed by atoms with van der Waals surface area (Å²) in [4.78, 5) is 11.9. The highest BCUT2D eigenvalue weighted by molar-refractivity contribution is 9.10. The number of hydrogen-bond acceptors (Lipinski definition) is 2. The summed E-state index contributed by atoms with van der Waals surface area (Å²) in [7, 11) is 0. The fourth-order valence-corrected chi connectivity index (χ4v) is 2.73. The number of halogens is 3. The molecule has 21 heavy (non-hydrogen) atoms. The third-order valence-electron chi connectivity index (χ3n) is 3.26. The molecule has 1 fully saturated rings. The number of amides is 1. The van der Waals surface area contributed by atoms with E-state index in [0.717, 1.165) is 4.47 Å². The van der Waals surface area contributed by atoms with Gasteiger partial charge in [-0.05, 0) is 38.5 Å². The number of alkyl halides is 2. The van der Waals surface area contributed by atoms with Gasteiger partial charge in [0.2, 0.25) is 0 Å². The van der Waals surface area contributed by atoms with Crippen molar-refractivity contribution in [1.29, 1.82) is 0 Å². The van der Waals surface area contributed by atoms with Crippen LogP contribution in [0, 0.1) is 0 Å². The summed E-state index contributed by atoms with van der Waals surface area (Å²) < 4.78 is 32.8. The fourth-order valence-electron chi connectivity index (χ4n) is 2.46. The van der Waals surface area contributed by atoms with Gasteiger partial charge in [-0.15, -0.1) is 0 Å². The molecule has 0 saturated heterocycles. The van der Waals surface area contributed by atoms with E-state index in [1.54, 1.807) is 45.0 Å². The highest BCUT2D eigenvalue weighted by Crippen LogP contribution is 2.51. The molecule has 1 N–H and O–H groups in total. The normalized spacial score (nSPS) is 19.5. The van der Waals surface area contributed by atoms with Gasteiger partial charge < -0.3 is 10.1 Å². The van der Waals surface area contributed by atoms with E-state index in [1.165, 1.54) is 0 Å². The molecule has 1 aromatic carbocycles. The van der Waals surface area contributed by atoms with Crippen LogP contribution in [0.2, 0.25) is 0 Å². The molecule has 1 amide bonds. The molecule has 1 aliphatic carbocycles. The van der Waals surface area contributed by atoms with Gasteiger partial charge in [0.1, 0.15) is 5.60 Å². The van der Waals surface area contributed by atoms with Gasteiger partial charge in [0.05, 0.1) is 5.54 Å². The Kier molecular flexibility index (Phi) is 4.04. The lowest BCUT2D eigenvalue weighted by Crippen LogP contribution is -2.60. The Hall–Kier alpha value is -1.17. The van der Waals surface area contributed by atoms with Crippen LogP contribution in [-0.4, -0.2) is 17.6 Å². The third kappa shape index (κ3) is 3.93. The van der Waals surface area contributed by atoms with Crippen LogP contribution in [0.5, 0.6) is 0 Å². The molecule has 1 saturated carbocycles. The van der Waals surface area contributed by atoms with Crippen molar-refractivity contribution in [2.75, 3.05) is 0 Å². The number of alkyl carbamates (subject to hydrolysis) is 1. The molecule has 116 valence electrons. The Labute approximate surface area is 131 Å². The summed E-state index contributed by atoms with van der Waals surface area (Å²) in [5.41, 5.74) is -1.08. The first-order valence-electron chi connectivity index (χ1n) is 6.66. The summed E-state index contributed by atoms with van der Waals surface area (Å²) in [6.07, 6.45) is -1.51. The quantitative estimate of drug-likeness (QED) is 0.835. The highest BCUT2D eigenvalue weighted by atomic mass is 79.9. The van der Waals surface area contributed by atoms with Crippen LogP contribution in [-0.2, 0) is 10.3 Å². The standard InChI is InChI=1S/C15H18BrF2NO2/c1-13(2,3)21-12(20)19-14(8-15(17,18)9-14)10-4-6-11(16)7-5-10/h4-7H,8-9H2,1-3H3,(H,19,20). The van der Waals surface area contributed by atoms with Crippen LogP contribution < -0.4 is 5.32 Å². The Morgan fingerprint density at radius 2 is 1.76 bits per heavy atom. The number of nitrogens with one attached hydrogen (secondary N) is 1. The number of hydrogen-bond donors (Lipinski definition) is 1. The smallest absolute Gasteiger partial charge is 0.408 e. The maximum Gasteiger partial charge on any atom is 0.408 e. The van der Waals surface area contributed by atoms with E-state index in [9.17, 15) is 13.6 Å². The van der Waals surface area contributed by atoms with Crippen LogP contribution >= 0.6 is 15.9 Å². The lowest BCUT2D eigenvalue weighted by atomic mass is 9.69. The van der Waals surface area contributed by atoms with E-state index >= 15 is 0 Å².